The molecule has 0 saturated heterocycles. The van der Waals surface area contributed by atoms with Crippen molar-refractivity contribution in [2.75, 3.05) is 33.1 Å². The molecule has 1 N–H and O–H groups in total. The molecule has 0 radical (unpaired) electrons. The highest BCUT2D eigenvalue weighted by Gasteiger charge is 2.14. The predicted molar refractivity (Wildman–Crippen MR) is 95.1 cm³/mol. The minimum Gasteiger partial charge on any atom is -0.354 e. The molecule has 2 aromatic rings. The number of hydrogen-bond acceptors (Lipinski definition) is 3. The second kappa shape index (κ2) is 9.05. The molecule has 5 nitrogen and oxygen atoms in total. The molecule has 24 heavy (non-hydrogen) atoms. The number of nitrogens with one attached hydrogen (secondary N) is 1. The highest BCUT2D eigenvalue weighted by atomic mass is 16.7. The largest absolute Gasteiger partial charge is 0.354 e. The molecular formula is C19H24N2O3. The van der Waals surface area contributed by atoms with E-state index in [-0.39, 0.29) is 6.03 Å². The van der Waals surface area contributed by atoms with Crippen molar-refractivity contribution in [3.8, 4) is 0 Å². The van der Waals surface area contributed by atoms with Gasteiger partial charge in [-0.15, -0.1) is 0 Å². The van der Waals surface area contributed by atoms with Gasteiger partial charge in [0.05, 0.1) is 6.54 Å². The number of carbonyl (C=O) groups excluding carboxylic acids is 1. The van der Waals surface area contributed by atoms with E-state index in [1.165, 1.54) is 16.0 Å². The van der Waals surface area contributed by atoms with Crippen molar-refractivity contribution in [1.29, 1.82) is 0 Å². The number of methoxy groups -OCH3 is 2. The van der Waals surface area contributed by atoms with E-state index in [2.05, 4.69) is 17.4 Å². The first-order chi connectivity index (χ1) is 11.6. The van der Waals surface area contributed by atoms with E-state index in [4.69, 9.17) is 9.47 Å². The predicted octanol–water partition coefficient (Wildman–Crippen LogP) is 3.36. The molecular weight excluding hydrogens is 304 g/mol. The lowest BCUT2D eigenvalue weighted by atomic mass is 10.0. The second-order valence-electron chi connectivity index (χ2n) is 5.57. The van der Waals surface area contributed by atoms with Gasteiger partial charge in [-0.2, -0.15) is 0 Å². The fourth-order valence-electron chi connectivity index (χ4n) is 2.31. The summed E-state index contributed by atoms with van der Waals surface area (Å²) in [5.41, 5.74) is 3.22. The van der Waals surface area contributed by atoms with Gasteiger partial charge in [0, 0.05) is 27.0 Å². The lowest BCUT2D eigenvalue weighted by Gasteiger charge is -2.22. The molecule has 0 saturated carbocycles. The minimum atomic E-state index is -0.436. The van der Waals surface area contributed by atoms with E-state index < -0.39 is 6.29 Å². The number of hydrogen-bond donors (Lipinski definition) is 1. The third kappa shape index (κ3) is 5.37. The zero-order valence-corrected chi connectivity index (χ0v) is 14.4. The highest BCUT2D eigenvalue weighted by molar-refractivity contribution is 5.89. The van der Waals surface area contributed by atoms with E-state index in [0.717, 1.165) is 12.1 Å². The van der Waals surface area contributed by atoms with Crippen LogP contribution in [0, 0.1) is 0 Å². The van der Waals surface area contributed by atoms with Gasteiger partial charge in [-0.1, -0.05) is 42.5 Å². The van der Waals surface area contributed by atoms with Crippen molar-refractivity contribution in [1.82, 2.24) is 4.90 Å². The molecule has 128 valence electrons. The number of likely N-dealkylation sites (N-methyl/N-ethyl adjacent to an activating group) is 1. The summed E-state index contributed by atoms with van der Waals surface area (Å²) in [5, 5.41) is 2.86. The van der Waals surface area contributed by atoms with Gasteiger partial charge in [0.15, 0.2) is 6.29 Å². The Morgan fingerprint density at radius 1 is 1.00 bits per heavy atom. The van der Waals surface area contributed by atoms with Crippen molar-refractivity contribution in [3.05, 3.63) is 65.7 Å². The first-order valence-corrected chi connectivity index (χ1v) is 7.83. The van der Waals surface area contributed by atoms with E-state index in [9.17, 15) is 4.79 Å². The van der Waals surface area contributed by atoms with E-state index >= 15 is 0 Å². The fraction of sp³-hybridized carbons (Fsp3) is 0.316. The van der Waals surface area contributed by atoms with Crippen molar-refractivity contribution in [3.63, 3.8) is 0 Å². The number of rotatable bonds is 7. The van der Waals surface area contributed by atoms with Gasteiger partial charge >= 0.3 is 6.03 Å². The van der Waals surface area contributed by atoms with Gasteiger partial charge in [0.1, 0.15) is 0 Å². The summed E-state index contributed by atoms with van der Waals surface area (Å²) in [4.78, 5) is 13.7. The van der Waals surface area contributed by atoms with Crippen molar-refractivity contribution < 1.29 is 14.3 Å². The monoisotopic (exact) mass is 328 g/mol. The van der Waals surface area contributed by atoms with E-state index in [1.54, 1.807) is 21.3 Å². The van der Waals surface area contributed by atoms with Crippen LogP contribution in [0.3, 0.4) is 0 Å². The van der Waals surface area contributed by atoms with Crippen LogP contribution in [0.2, 0.25) is 0 Å². The summed E-state index contributed by atoms with van der Waals surface area (Å²) in [6.45, 7) is 0.352. The molecule has 0 aliphatic heterocycles. The number of anilines is 1. The molecule has 2 rings (SSSR count). The van der Waals surface area contributed by atoms with E-state index in [1.807, 2.05) is 42.5 Å². The maximum absolute atomic E-state index is 12.2. The van der Waals surface area contributed by atoms with Gasteiger partial charge in [-0.3, -0.25) is 0 Å². The summed E-state index contributed by atoms with van der Waals surface area (Å²) in [6.07, 6.45) is 0.437. The Balaban J connectivity index is 1.90. The molecule has 0 unspecified atom stereocenters. The number of benzene rings is 2. The summed E-state index contributed by atoms with van der Waals surface area (Å²) >= 11 is 0. The number of amides is 2. The summed E-state index contributed by atoms with van der Waals surface area (Å²) in [6, 6.07) is 18.0. The lowest BCUT2D eigenvalue weighted by Crippen LogP contribution is -2.38. The molecule has 0 aliphatic rings. The van der Waals surface area contributed by atoms with Crippen molar-refractivity contribution >= 4 is 11.7 Å². The minimum absolute atomic E-state index is 0.204. The normalized spacial score (nSPS) is 10.7. The SMILES string of the molecule is COC(CN(C)C(=O)Nc1ccc(Cc2ccccc2)cc1)OC. The van der Waals surface area contributed by atoms with Crippen LogP contribution in [0.5, 0.6) is 0 Å². The molecule has 0 spiro atoms. The standard InChI is InChI=1S/C19H24N2O3/c1-21(14-18(23-2)24-3)19(22)20-17-11-9-16(10-12-17)13-15-7-5-4-6-8-15/h4-12,18H,13-14H2,1-3H3,(H,20,22). The highest BCUT2D eigenvalue weighted by Crippen LogP contribution is 2.14. The Morgan fingerprint density at radius 2 is 1.58 bits per heavy atom. The van der Waals surface area contributed by atoms with Gasteiger partial charge in [-0.25, -0.2) is 4.79 Å². The van der Waals surface area contributed by atoms with Gasteiger partial charge < -0.3 is 19.7 Å². The molecule has 0 bridgehead atoms. The summed E-state index contributed by atoms with van der Waals surface area (Å²) in [7, 11) is 4.79. The summed E-state index contributed by atoms with van der Waals surface area (Å²) in [5.74, 6) is 0. The maximum Gasteiger partial charge on any atom is 0.321 e. The first kappa shape index (κ1) is 18.0. The number of urea groups is 1. The number of nitrogens with zero attached hydrogens (tertiary/aromatic N) is 1. The van der Waals surface area contributed by atoms with Gasteiger partial charge in [-0.05, 0) is 29.7 Å². The smallest absolute Gasteiger partial charge is 0.321 e. The Labute approximate surface area is 143 Å². The van der Waals surface area contributed by atoms with Crippen LogP contribution in [0.15, 0.2) is 54.6 Å². The Bertz CT molecular complexity index is 625. The van der Waals surface area contributed by atoms with Gasteiger partial charge in [0.2, 0.25) is 0 Å². The van der Waals surface area contributed by atoms with Gasteiger partial charge in [0.25, 0.3) is 0 Å². The van der Waals surface area contributed by atoms with Crippen molar-refractivity contribution in [2.45, 2.75) is 12.7 Å². The molecule has 2 aromatic carbocycles. The molecule has 5 heteroatoms. The quantitative estimate of drug-likeness (QED) is 0.793. The number of carbonyl (C=O) groups is 1. The Hall–Kier alpha value is -2.37. The Morgan fingerprint density at radius 3 is 2.17 bits per heavy atom. The maximum atomic E-state index is 12.2. The first-order valence-electron chi connectivity index (χ1n) is 7.83. The van der Waals surface area contributed by atoms with Crippen LogP contribution >= 0.6 is 0 Å². The molecule has 0 aromatic heterocycles. The van der Waals surface area contributed by atoms with Crippen LogP contribution in [0.4, 0.5) is 10.5 Å². The van der Waals surface area contributed by atoms with E-state index in [0.29, 0.717) is 6.54 Å². The second-order valence-corrected chi connectivity index (χ2v) is 5.57. The Kier molecular flexibility index (Phi) is 6.78. The average molecular weight is 328 g/mol. The summed E-state index contributed by atoms with van der Waals surface area (Å²) < 4.78 is 10.2. The lowest BCUT2D eigenvalue weighted by molar-refractivity contribution is -0.108. The van der Waals surface area contributed by atoms with Crippen LogP contribution in [0.1, 0.15) is 11.1 Å². The van der Waals surface area contributed by atoms with Crippen LogP contribution < -0.4 is 5.32 Å². The zero-order valence-electron chi connectivity index (χ0n) is 14.4. The zero-order chi connectivity index (χ0) is 17.4. The molecule has 0 heterocycles. The third-order valence-corrected chi connectivity index (χ3v) is 3.75. The van der Waals surface area contributed by atoms with Crippen LogP contribution in [0.25, 0.3) is 0 Å². The van der Waals surface area contributed by atoms with Crippen LogP contribution in [-0.4, -0.2) is 45.0 Å². The fourth-order valence-corrected chi connectivity index (χ4v) is 2.31. The molecule has 0 aliphatic carbocycles. The van der Waals surface area contributed by atoms with Crippen molar-refractivity contribution in [2.24, 2.45) is 0 Å². The number of ether oxygens (including phenoxy) is 2. The molecule has 0 fully saturated rings. The van der Waals surface area contributed by atoms with Crippen LogP contribution in [-0.2, 0) is 15.9 Å². The topological polar surface area (TPSA) is 50.8 Å². The molecule has 2 amide bonds. The average Bonchev–Trinajstić information content (AvgIpc) is 2.62. The third-order valence-electron chi connectivity index (χ3n) is 3.75. The molecule has 0 atom stereocenters.